The van der Waals surface area contributed by atoms with Crippen LogP contribution in [0.2, 0.25) is 0 Å². The maximum absolute atomic E-state index is 5.85. The van der Waals surface area contributed by atoms with Crippen LogP contribution < -0.4 is 43.6 Å². The van der Waals surface area contributed by atoms with Crippen LogP contribution in [0.5, 0.6) is 0 Å². The smallest absolute Gasteiger partial charge is 0.348 e. The lowest BCUT2D eigenvalue weighted by Gasteiger charge is -2.13. The number of unbranched alkanes of at least 4 members (excludes halogenated alkanes) is 3. The molecule has 0 atom stereocenters. The van der Waals surface area contributed by atoms with Gasteiger partial charge in [-0.2, -0.15) is 0 Å². The van der Waals surface area contributed by atoms with Crippen molar-refractivity contribution < 1.29 is 9.98 Å². The van der Waals surface area contributed by atoms with Gasteiger partial charge in [-0.1, -0.05) is 54.4 Å². The average molecular weight is 427 g/mol. The Bertz CT molecular complexity index is 552. The van der Waals surface area contributed by atoms with E-state index >= 15 is 0 Å². The SMILES string of the molecule is CC(C)(C)C[NH+]=C(N)NC(N)=NCCCCCCN=C(N)NC(N)=[NH+]CC(C)(C)C. The third kappa shape index (κ3) is 18.8. The molecule has 0 saturated heterocycles. The molecule has 0 aromatic rings. The maximum atomic E-state index is 5.85. The number of rotatable bonds is 9. The highest BCUT2D eigenvalue weighted by Gasteiger charge is 2.12. The molecule has 0 aliphatic rings. The Balaban J connectivity index is 3.96. The Hall–Kier alpha value is -2.52. The Morgan fingerprint density at radius 1 is 0.633 bits per heavy atom. The summed E-state index contributed by atoms with van der Waals surface area (Å²) in [6, 6.07) is 0. The number of hydrogen-bond acceptors (Lipinski definition) is 2. The van der Waals surface area contributed by atoms with E-state index in [1.807, 2.05) is 0 Å². The fraction of sp³-hybridized carbons (Fsp3) is 0.800. The Labute approximate surface area is 182 Å². The zero-order valence-corrected chi connectivity index (χ0v) is 19.9. The van der Waals surface area contributed by atoms with E-state index in [1.54, 1.807) is 0 Å². The summed E-state index contributed by atoms with van der Waals surface area (Å²) in [5.41, 5.74) is 23.6. The minimum absolute atomic E-state index is 0.136. The summed E-state index contributed by atoms with van der Waals surface area (Å²) in [5.74, 6) is 1.49. The maximum Gasteiger partial charge on any atom is 0.348 e. The molecule has 0 radical (unpaired) electrons. The topological polar surface area (TPSA) is 181 Å². The van der Waals surface area contributed by atoms with Crippen molar-refractivity contribution >= 4 is 23.8 Å². The van der Waals surface area contributed by atoms with Crippen LogP contribution in [0.25, 0.3) is 0 Å². The molecule has 10 nitrogen and oxygen atoms in total. The van der Waals surface area contributed by atoms with Gasteiger partial charge in [0.2, 0.25) is 0 Å². The van der Waals surface area contributed by atoms with Gasteiger partial charge in [0.15, 0.2) is 0 Å². The molecule has 0 aromatic heterocycles. The highest BCUT2D eigenvalue weighted by Crippen LogP contribution is 2.07. The molecule has 12 N–H and O–H groups in total. The first kappa shape index (κ1) is 27.5. The molecule has 0 aliphatic heterocycles. The highest BCUT2D eigenvalue weighted by molar-refractivity contribution is 5.94. The Morgan fingerprint density at radius 2 is 0.967 bits per heavy atom. The van der Waals surface area contributed by atoms with Gasteiger partial charge in [0, 0.05) is 13.1 Å². The van der Waals surface area contributed by atoms with Crippen molar-refractivity contribution in [1.29, 1.82) is 0 Å². The number of hydrogen-bond donors (Lipinski definition) is 8. The second kappa shape index (κ2) is 13.7. The predicted octanol–water partition coefficient (Wildman–Crippen LogP) is -2.76. The van der Waals surface area contributed by atoms with E-state index in [9.17, 15) is 0 Å². The normalized spacial score (nSPS) is 14.7. The van der Waals surface area contributed by atoms with Crippen molar-refractivity contribution in [2.45, 2.75) is 67.2 Å². The van der Waals surface area contributed by atoms with Gasteiger partial charge in [0.1, 0.15) is 0 Å². The third-order valence-corrected chi connectivity index (χ3v) is 3.77. The van der Waals surface area contributed by atoms with Crippen LogP contribution >= 0.6 is 0 Å². The van der Waals surface area contributed by atoms with E-state index < -0.39 is 0 Å². The number of nitrogens with one attached hydrogen (secondary N) is 4. The van der Waals surface area contributed by atoms with Gasteiger partial charge in [0.25, 0.3) is 11.9 Å². The summed E-state index contributed by atoms with van der Waals surface area (Å²) < 4.78 is 0. The van der Waals surface area contributed by atoms with Crippen LogP contribution in [0.3, 0.4) is 0 Å². The zero-order valence-electron chi connectivity index (χ0n) is 19.9. The van der Waals surface area contributed by atoms with Crippen LogP contribution in [0, 0.1) is 10.8 Å². The molecular weight excluding hydrogens is 380 g/mol. The standard InChI is InChI=1S/C20H44N10/c1-19(2,3)13-27-17(23)29-15(21)25-11-9-7-8-10-12-26-16(22)30-18(24)28-14-20(4,5)6/h7-14H2,1-6H3,(H5,21,23,25,27,29)(H5,22,24,26,28,30)/p+2. The van der Waals surface area contributed by atoms with Gasteiger partial charge in [-0.3, -0.25) is 21.5 Å². The third-order valence-electron chi connectivity index (χ3n) is 3.77. The highest BCUT2D eigenvalue weighted by atomic mass is 15.2. The van der Waals surface area contributed by atoms with Gasteiger partial charge >= 0.3 is 11.9 Å². The molecule has 0 heterocycles. The first-order chi connectivity index (χ1) is 13.8. The number of nitrogens with zero attached hydrogens (tertiary/aromatic N) is 2. The van der Waals surface area contributed by atoms with Crippen molar-refractivity contribution in [2.24, 2.45) is 43.7 Å². The second-order valence-electron chi connectivity index (χ2n) is 9.85. The largest absolute Gasteiger partial charge is 0.357 e. The summed E-state index contributed by atoms with van der Waals surface area (Å²) in [7, 11) is 0. The molecule has 0 saturated carbocycles. The van der Waals surface area contributed by atoms with Crippen LogP contribution in [0.1, 0.15) is 67.2 Å². The van der Waals surface area contributed by atoms with Crippen molar-refractivity contribution in [3.63, 3.8) is 0 Å². The molecule has 0 fully saturated rings. The average Bonchev–Trinajstić information content (AvgIpc) is 2.59. The van der Waals surface area contributed by atoms with Crippen LogP contribution in [0.15, 0.2) is 9.98 Å². The molecule has 10 heteroatoms. The van der Waals surface area contributed by atoms with Gasteiger partial charge in [0.05, 0.1) is 13.1 Å². The molecule has 30 heavy (non-hydrogen) atoms. The molecule has 0 aromatic carbocycles. The summed E-state index contributed by atoms with van der Waals surface area (Å²) in [6.07, 6.45) is 3.99. The van der Waals surface area contributed by atoms with Crippen LogP contribution in [-0.2, 0) is 0 Å². The van der Waals surface area contributed by atoms with Gasteiger partial charge in [-0.25, -0.2) is 20.6 Å². The van der Waals surface area contributed by atoms with Crippen LogP contribution in [-0.4, -0.2) is 50.0 Å². The molecule has 0 unspecified atom stereocenters. The summed E-state index contributed by atoms with van der Waals surface area (Å²) >= 11 is 0. The lowest BCUT2D eigenvalue weighted by molar-refractivity contribution is -0.476. The van der Waals surface area contributed by atoms with Crippen molar-refractivity contribution in [3.8, 4) is 0 Å². The van der Waals surface area contributed by atoms with Crippen molar-refractivity contribution in [2.75, 3.05) is 26.2 Å². The number of aliphatic imine (C=N–C) groups is 2. The molecule has 0 bridgehead atoms. The molecule has 0 spiro atoms. The minimum atomic E-state index is 0.136. The fourth-order valence-electron chi connectivity index (χ4n) is 2.14. The van der Waals surface area contributed by atoms with Crippen LogP contribution in [0.4, 0.5) is 0 Å². The van der Waals surface area contributed by atoms with E-state index in [0.717, 1.165) is 38.8 Å². The fourth-order valence-corrected chi connectivity index (χ4v) is 2.14. The molecule has 0 rings (SSSR count). The summed E-state index contributed by atoms with van der Waals surface area (Å²) in [6.45, 7) is 15.6. The number of guanidine groups is 4. The molecule has 0 aliphatic carbocycles. The molecule has 174 valence electrons. The Kier molecular flexibility index (Phi) is 12.5. The van der Waals surface area contributed by atoms with Crippen molar-refractivity contribution in [3.05, 3.63) is 0 Å². The number of nitrogens with two attached hydrogens (primary N) is 4. The first-order valence-electron chi connectivity index (χ1n) is 10.6. The van der Waals surface area contributed by atoms with E-state index in [-0.39, 0.29) is 10.8 Å². The Morgan fingerprint density at radius 3 is 1.27 bits per heavy atom. The van der Waals surface area contributed by atoms with Gasteiger partial charge < -0.3 is 11.5 Å². The molecular formula is C20H46N10+2. The lowest BCUT2D eigenvalue weighted by atomic mass is 9.97. The molecule has 0 amide bonds. The van der Waals surface area contributed by atoms with E-state index in [2.05, 4.69) is 72.1 Å². The zero-order chi connectivity index (χ0) is 23.2. The monoisotopic (exact) mass is 426 g/mol. The minimum Gasteiger partial charge on any atom is -0.357 e. The van der Waals surface area contributed by atoms with Gasteiger partial charge in [-0.15, -0.1) is 0 Å². The summed E-state index contributed by atoms with van der Waals surface area (Å²) in [5, 5.41) is 5.73. The van der Waals surface area contributed by atoms with Crippen molar-refractivity contribution in [1.82, 2.24) is 10.6 Å². The van der Waals surface area contributed by atoms with E-state index in [4.69, 9.17) is 22.9 Å². The quantitative estimate of drug-likeness (QED) is 0.112. The first-order valence-corrected chi connectivity index (χ1v) is 10.6. The van der Waals surface area contributed by atoms with Gasteiger partial charge in [-0.05, 0) is 23.7 Å². The van der Waals surface area contributed by atoms with E-state index in [1.165, 1.54) is 0 Å². The van der Waals surface area contributed by atoms with E-state index in [0.29, 0.717) is 36.9 Å². The predicted molar refractivity (Wildman–Crippen MR) is 127 cm³/mol. The lowest BCUT2D eigenvalue weighted by Crippen LogP contribution is -2.81. The second-order valence-corrected chi connectivity index (χ2v) is 9.85. The summed E-state index contributed by atoms with van der Waals surface area (Å²) in [4.78, 5) is 14.8.